The summed E-state index contributed by atoms with van der Waals surface area (Å²) in [5, 5.41) is 0. The second-order valence-corrected chi connectivity index (χ2v) is 5.48. The van der Waals surface area contributed by atoms with E-state index in [2.05, 4.69) is 13.8 Å². The van der Waals surface area contributed by atoms with Crippen LogP contribution in [0.15, 0.2) is 30.3 Å². The Hall–Kier alpha value is -1.77. The molecule has 0 radical (unpaired) electrons. The SMILES string of the molecule is CCCCC(CC)CCOC(=O)/C=C/c1ccc(OC)cc1. The Morgan fingerprint density at radius 3 is 2.50 bits per heavy atom. The number of hydrogen-bond donors (Lipinski definition) is 0. The molecule has 0 heterocycles. The number of benzene rings is 1. The maximum Gasteiger partial charge on any atom is 0.330 e. The van der Waals surface area contributed by atoms with E-state index in [0.29, 0.717) is 12.5 Å². The van der Waals surface area contributed by atoms with E-state index < -0.39 is 0 Å². The minimum Gasteiger partial charge on any atom is -0.497 e. The van der Waals surface area contributed by atoms with Crippen LogP contribution in [-0.4, -0.2) is 19.7 Å². The highest BCUT2D eigenvalue weighted by atomic mass is 16.5. The van der Waals surface area contributed by atoms with E-state index in [4.69, 9.17) is 9.47 Å². The lowest BCUT2D eigenvalue weighted by molar-refractivity contribution is -0.138. The Morgan fingerprint density at radius 2 is 1.91 bits per heavy atom. The molecule has 0 aliphatic carbocycles. The van der Waals surface area contributed by atoms with Gasteiger partial charge in [0.2, 0.25) is 0 Å². The fraction of sp³-hybridized carbons (Fsp3) is 0.526. The molecule has 3 nitrogen and oxygen atoms in total. The summed E-state index contributed by atoms with van der Waals surface area (Å²) in [7, 11) is 1.63. The molecule has 0 aliphatic heterocycles. The molecule has 0 amide bonds. The fourth-order valence-electron chi connectivity index (χ4n) is 2.30. The molecule has 0 aliphatic rings. The zero-order valence-corrected chi connectivity index (χ0v) is 14.0. The Morgan fingerprint density at radius 1 is 1.18 bits per heavy atom. The van der Waals surface area contributed by atoms with E-state index in [9.17, 15) is 4.79 Å². The van der Waals surface area contributed by atoms with Gasteiger partial charge < -0.3 is 9.47 Å². The third kappa shape index (κ3) is 7.30. The van der Waals surface area contributed by atoms with Crippen LogP contribution in [0.1, 0.15) is 51.5 Å². The van der Waals surface area contributed by atoms with Crippen LogP contribution in [0.3, 0.4) is 0 Å². The van der Waals surface area contributed by atoms with Crippen LogP contribution in [-0.2, 0) is 9.53 Å². The Labute approximate surface area is 134 Å². The predicted molar refractivity (Wildman–Crippen MR) is 90.9 cm³/mol. The number of ether oxygens (including phenoxy) is 2. The molecular weight excluding hydrogens is 276 g/mol. The van der Waals surface area contributed by atoms with E-state index in [1.807, 2.05) is 24.3 Å². The molecule has 22 heavy (non-hydrogen) atoms. The quantitative estimate of drug-likeness (QED) is 0.457. The lowest BCUT2D eigenvalue weighted by atomic mass is 9.96. The Balaban J connectivity index is 2.31. The van der Waals surface area contributed by atoms with Crippen molar-refractivity contribution in [1.82, 2.24) is 0 Å². The van der Waals surface area contributed by atoms with Gasteiger partial charge in [-0.15, -0.1) is 0 Å². The zero-order valence-electron chi connectivity index (χ0n) is 14.0. The van der Waals surface area contributed by atoms with E-state index in [-0.39, 0.29) is 5.97 Å². The molecule has 1 aromatic rings. The van der Waals surface area contributed by atoms with Crippen molar-refractivity contribution < 1.29 is 14.3 Å². The van der Waals surface area contributed by atoms with Crippen LogP contribution in [0.5, 0.6) is 5.75 Å². The van der Waals surface area contributed by atoms with Crippen molar-refractivity contribution in [3.63, 3.8) is 0 Å². The van der Waals surface area contributed by atoms with Gasteiger partial charge in [0.15, 0.2) is 0 Å². The van der Waals surface area contributed by atoms with Gasteiger partial charge in [-0.3, -0.25) is 0 Å². The largest absolute Gasteiger partial charge is 0.497 e. The molecule has 0 saturated carbocycles. The summed E-state index contributed by atoms with van der Waals surface area (Å²) in [5.41, 5.74) is 0.951. The number of rotatable bonds is 10. The summed E-state index contributed by atoms with van der Waals surface area (Å²) in [5.74, 6) is 1.19. The predicted octanol–water partition coefficient (Wildman–Crippen LogP) is 4.86. The van der Waals surface area contributed by atoms with E-state index in [0.717, 1.165) is 24.2 Å². The lowest BCUT2D eigenvalue weighted by Crippen LogP contribution is -2.08. The van der Waals surface area contributed by atoms with Gasteiger partial charge in [0, 0.05) is 6.08 Å². The molecule has 0 aromatic heterocycles. The monoisotopic (exact) mass is 304 g/mol. The van der Waals surface area contributed by atoms with Gasteiger partial charge >= 0.3 is 5.97 Å². The number of unbranched alkanes of at least 4 members (excludes halogenated alkanes) is 1. The average molecular weight is 304 g/mol. The normalized spacial score (nSPS) is 12.3. The molecule has 122 valence electrons. The van der Waals surface area contributed by atoms with Crippen LogP contribution in [0, 0.1) is 5.92 Å². The van der Waals surface area contributed by atoms with Crippen molar-refractivity contribution in [3.05, 3.63) is 35.9 Å². The first-order chi connectivity index (χ1) is 10.7. The van der Waals surface area contributed by atoms with Crippen molar-refractivity contribution in [1.29, 1.82) is 0 Å². The molecule has 0 bridgehead atoms. The van der Waals surface area contributed by atoms with Crippen molar-refractivity contribution in [2.45, 2.75) is 46.0 Å². The number of esters is 1. The van der Waals surface area contributed by atoms with Gasteiger partial charge in [0.1, 0.15) is 5.75 Å². The molecule has 1 aromatic carbocycles. The molecule has 1 unspecified atom stereocenters. The van der Waals surface area contributed by atoms with Crippen molar-refractivity contribution in [2.75, 3.05) is 13.7 Å². The van der Waals surface area contributed by atoms with Crippen LogP contribution >= 0.6 is 0 Å². The minimum atomic E-state index is -0.277. The summed E-state index contributed by atoms with van der Waals surface area (Å²) in [4.78, 5) is 11.7. The first-order valence-corrected chi connectivity index (χ1v) is 8.18. The molecule has 0 fully saturated rings. The van der Waals surface area contributed by atoms with E-state index in [1.165, 1.54) is 25.3 Å². The standard InChI is InChI=1S/C19H28O3/c1-4-6-7-16(5-2)14-15-22-19(20)13-10-17-8-11-18(21-3)12-9-17/h8-13,16H,4-7,14-15H2,1-3H3/b13-10+. The van der Waals surface area contributed by atoms with Gasteiger partial charge in [0.05, 0.1) is 13.7 Å². The molecule has 3 heteroatoms. The number of carbonyl (C=O) groups excluding carboxylic acids is 1. The second kappa shape index (κ2) is 10.9. The van der Waals surface area contributed by atoms with Gasteiger partial charge in [-0.2, -0.15) is 0 Å². The first kappa shape index (κ1) is 18.3. The first-order valence-electron chi connectivity index (χ1n) is 8.18. The zero-order chi connectivity index (χ0) is 16.2. The lowest BCUT2D eigenvalue weighted by Gasteiger charge is -2.13. The fourth-order valence-corrected chi connectivity index (χ4v) is 2.30. The average Bonchev–Trinajstić information content (AvgIpc) is 2.56. The summed E-state index contributed by atoms with van der Waals surface area (Å²) in [6.07, 6.45) is 9.06. The summed E-state index contributed by atoms with van der Waals surface area (Å²) < 4.78 is 10.4. The smallest absolute Gasteiger partial charge is 0.330 e. The molecule has 1 rings (SSSR count). The third-order valence-electron chi connectivity index (χ3n) is 3.84. The molecule has 1 atom stereocenters. The highest BCUT2D eigenvalue weighted by Crippen LogP contribution is 2.16. The summed E-state index contributed by atoms with van der Waals surface area (Å²) in [6, 6.07) is 7.54. The highest BCUT2D eigenvalue weighted by molar-refractivity contribution is 5.87. The van der Waals surface area contributed by atoms with Crippen LogP contribution in [0.2, 0.25) is 0 Å². The Kier molecular flexibility index (Phi) is 9.04. The molecule has 0 spiro atoms. The van der Waals surface area contributed by atoms with Crippen LogP contribution in [0.4, 0.5) is 0 Å². The summed E-state index contributed by atoms with van der Waals surface area (Å²) >= 11 is 0. The highest BCUT2D eigenvalue weighted by Gasteiger charge is 2.06. The number of hydrogen-bond acceptors (Lipinski definition) is 3. The van der Waals surface area contributed by atoms with E-state index >= 15 is 0 Å². The number of methoxy groups -OCH3 is 1. The molecular formula is C19H28O3. The topological polar surface area (TPSA) is 35.5 Å². The van der Waals surface area contributed by atoms with Crippen molar-refractivity contribution in [2.24, 2.45) is 5.92 Å². The van der Waals surface area contributed by atoms with Gasteiger partial charge in [-0.05, 0) is 36.1 Å². The third-order valence-corrected chi connectivity index (χ3v) is 3.84. The second-order valence-electron chi connectivity index (χ2n) is 5.48. The van der Waals surface area contributed by atoms with E-state index in [1.54, 1.807) is 13.2 Å². The maximum absolute atomic E-state index is 11.7. The molecule has 0 saturated heterocycles. The maximum atomic E-state index is 11.7. The molecule has 0 N–H and O–H groups in total. The Bertz CT molecular complexity index is 448. The van der Waals surface area contributed by atoms with Gasteiger partial charge in [-0.1, -0.05) is 51.7 Å². The number of carbonyl (C=O) groups is 1. The van der Waals surface area contributed by atoms with Gasteiger partial charge in [0.25, 0.3) is 0 Å². The van der Waals surface area contributed by atoms with Gasteiger partial charge in [-0.25, -0.2) is 4.79 Å². The van der Waals surface area contributed by atoms with Crippen molar-refractivity contribution >= 4 is 12.0 Å². The minimum absolute atomic E-state index is 0.277. The van der Waals surface area contributed by atoms with Crippen molar-refractivity contribution in [3.8, 4) is 5.75 Å². The summed E-state index contributed by atoms with van der Waals surface area (Å²) in [6.45, 7) is 4.91. The van der Waals surface area contributed by atoms with Crippen LogP contribution < -0.4 is 4.74 Å². The van der Waals surface area contributed by atoms with Crippen LogP contribution in [0.25, 0.3) is 6.08 Å².